The van der Waals surface area contributed by atoms with E-state index >= 15 is 0 Å². The quantitative estimate of drug-likeness (QED) is 0.815. The lowest BCUT2D eigenvalue weighted by atomic mass is 10.1. The third kappa shape index (κ3) is 5.05. The average molecular weight is 225 g/mol. The summed E-state index contributed by atoms with van der Waals surface area (Å²) in [5.41, 5.74) is 6.68. The summed E-state index contributed by atoms with van der Waals surface area (Å²) in [5, 5.41) is 8.60. The van der Waals surface area contributed by atoms with Gasteiger partial charge in [0.1, 0.15) is 0 Å². The largest absolute Gasteiger partial charge is 0.396 e. The summed E-state index contributed by atoms with van der Waals surface area (Å²) in [7, 11) is 0. The third-order valence-corrected chi connectivity index (χ3v) is 1.55. The zero-order valence-corrected chi connectivity index (χ0v) is 8.72. The number of hydrogen-bond donors (Lipinski definition) is 2. The van der Waals surface area contributed by atoms with E-state index < -0.39 is 0 Å². The zero-order valence-electron chi connectivity index (χ0n) is 7.09. The number of nitrogens with two attached hydrogens (primary N) is 1. The van der Waals surface area contributed by atoms with Gasteiger partial charge in [0, 0.05) is 25.0 Å². The molecule has 0 aliphatic carbocycles. The number of aliphatic hydroxyl groups is 1. The van der Waals surface area contributed by atoms with E-state index in [9.17, 15) is 0 Å². The van der Waals surface area contributed by atoms with Gasteiger partial charge >= 0.3 is 0 Å². The van der Waals surface area contributed by atoms with Crippen LogP contribution in [0.15, 0.2) is 24.5 Å². The Morgan fingerprint density at radius 3 is 2.62 bits per heavy atom. The van der Waals surface area contributed by atoms with Crippen LogP contribution in [0.25, 0.3) is 0 Å². The van der Waals surface area contributed by atoms with Gasteiger partial charge in [-0.25, -0.2) is 0 Å². The summed E-state index contributed by atoms with van der Waals surface area (Å²) in [6.07, 6.45) is 4.02. The summed E-state index contributed by atoms with van der Waals surface area (Å²) < 4.78 is 0. The monoisotopic (exact) mass is 224 g/mol. The molecule has 1 rings (SSSR count). The molecule has 0 saturated heterocycles. The number of aromatic nitrogens is 1. The number of hydrogen-bond acceptors (Lipinski definition) is 3. The van der Waals surface area contributed by atoms with E-state index in [-0.39, 0.29) is 37.5 Å². The third-order valence-electron chi connectivity index (χ3n) is 1.55. The summed E-state index contributed by atoms with van der Waals surface area (Å²) in [4.78, 5) is 3.93. The van der Waals surface area contributed by atoms with Crippen molar-refractivity contribution in [3.05, 3.63) is 30.1 Å². The van der Waals surface area contributed by atoms with Crippen molar-refractivity contribution >= 4 is 24.8 Å². The molecule has 0 aliphatic heterocycles. The van der Waals surface area contributed by atoms with Crippen LogP contribution in [0, 0.1) is 0 Å². The SMILES string of the molecule is Cl.Cl.N[C@H](CCO)c1cccnc1. The molecule has 1 aromatic heterocycles. The van der Waals surface area contributed by atoms with Crippen LogP contribution >= 0.6 is 24.8 Å². The number of halogens is 2. The Labute approximate surface area is 90.2 Å². The molecule has 5 heteroatoms. The molecule has 0 unspecified atom stereocenters. The van der Waals surface area contributed by atoms with E-state index in [4.69, 9.17) is 10.8 Å². The van der Waals surface area contributed by atoms with Crippen LogP contribution in [-0.4, -0.2) is 16.7 Å². The first-order valence-electron chi connectivity index (χ1n) is 3.61. The molecule has 1 atom stereocenters. The zero-order chi connectivity index (χ0) is 8.10. The first-order chi connectivity index (χ1) is 5.34. The van der Waals surface area contributed by atoms with Crippen LogP contribution in [0.5, 0.6) is 0 Å². The van der Waals surface area contributed by atoms with E-state index in [1.54, 1.807) is 12.4 Å². The molecule has 0 fully saturated rings. The maximum absolute atomic E-state index is 8.60. The summed E-state index contributed by atoms with van der Waals surface area (Å²) >= 11 is 0. The number of nitrogens with zero attached hydrogens (tertiary/aromatic N) is 1. The van der Waals surface area contributed by atoms with E-state index in [1.165, 1.54) is 0 Å². The maximum atomic E-state index is 8.60. The molecular formula is C8H14Cl2N2O. The Morgan fingerprint density at radius 2 is 2.15 bits per heavy atom. The second kappa shape index (κ2) is 8.26. The fourth-order valence-corrected chi connectivity index (χ4v) is 0.901. The minimum atomic E-state index is -0.0892. The minimum absolute atomic E-state index is 0. The smallest absolute Gasteiger partial charge is 0.0449 e. The van der Waals surface area contributed by atoms with Crippen molar-refractivity contribution in [2.45, 2.75) is 12.5 Å². The Balaban J connectivity index is 0. The van der Waals surface area contributed by atoms with Gasteiger partial charge in [0.05, 0.1) is 0 Å². The summed E-state index contributed by atoms with van der Waals surface area (Å²) in [6, 6.07) is 3.66. The van der Waals surface area contributed by atoms with Crippen molar-refractivity contribution in [1.29, 1.82) is 0 Å². The molecule has 3 nitrogen and oxygen atoms in total. The summed E-state index contributed by atoms with van der Waals surface area (Å²) in [6.45, 7) is 0.121. The van der Waals surface area contributed by atoms with Crippen molar-refractivity contribution in [2.24, 2.45) is 5.73 Å². The Hall–Kier alpha value is -0.350. The highest BCUT2D eigenvalue weighted by molar-refractivity contribution is 5.85. The van der Waals surface area contributed by atoms with Crippen molar-refractivity contribution in [3.8, 4) is 0 Å². The first kappa shape index (κ1) is 15.1. The van der Waals surface area contributed by atoms with Gasteiger partial charge in [0.2, 0.25) is 0 Å². The van der Waals surface area contributed by atoms with Crippen LogP contribution in [0.2, 0.25) is 0 Å². The highest BCUT2D eigenvalue weighted by Gasteiger charge is 2.02. The van der Waals surface area contributed by atoms with Crippen LogP contribution in [0.4, 0.5) is 0 Å². The Bertz CT molecular complexity index is 209. The van der Waals surface area contributed by atoms with Crippen LogP contribution in [0.1, 0.15) is 18.0 Å². The molecule has 0 aliphatic rings. The van der Waals surface area contributed by atoms with Gasteiger partial charge in [-0.1, -0.05) is 6.07 Å². The molecule has 0 radical (unpaired) electrons. The van der Waals surface area contributed by atoms with Crippen molar-refractivity contribution in [1.82, 2.24) is 4.98 Å². The van der Waals surface area contributed by atoms with Crippen molar-refractivity contribution in [3.63, 3.8) is 0 Å². The highest BCUT2D eigenvalue weighted by Crippen LogP contribution is 2.10. The summed E-state index contributed by atoms with van der Waals surface area (Å²) in [5.74, 6) is 0. The molecule has 0 aromatic carbocycles. The van der Waals surface area contributed by atoms with Gasteiger partial charge < -0.3 is 10.8 Å². The minimum Gasteiger partial charge on any atom is -0.396 e. The van der Waals surface area contributed by atoms with Crippen LogP contribution in [0.3, 0.4) is 0 Å². The standard InChI is InChI=1S/C8H12N2O.2ClH/c9-8(3-5-11)7-2-1-4-10-6-7;;/h1-2,4,6,8,11H,3,5,9H2;2*1H/t8-;;/m1../s1. The van der Waals surface area contributed by atoms with Crippen LogP contribution in [-0.2, 0) is 0 Å². The molecule has 0 spiro atoms. The molecule has 3 N–H and O–H groups in total. The Kier molecular flexibility index (Phi) is 9.61. The van der Waals surface area contributed by atoms with Gasteiger partial charge in [0.25, 0.3) is 0 Å². The predicted molar refractivity (Wildman–Crippen MR) is 57.4 cm³/mol. The second-order valence-electron chi connectivity index (χ2n) is 2.41. The van der Waals surface area contributed by atoms with Gasteiger partial charge in [-0.2, -0.15) is 0 Å². The van der Waals surface area contributed by atoms with Gasteiger partial charge in [-0.15, -0.1) is 24.8 Å². The lowest BCUT2D eigenvalue weighted by Gasteiger charge is -2.08. The highest BCUT2D eigenvalue weighted by atomic mass is 35.5. The van der Waals surface area contributed by atoms with E-state index in [2.05, 4.69) is 4.98 Å². The molecule has 1 aromatic rings. The van der Waals surface area contributed by atoms with E-state index in [0.717, 1.165) is 5.56 Å². The fraction of sp³-hybridized carbons (Fsp3) is 0.375. The number of rotatable bonds is 3. The number of pyridine rings is 1. The van der Waals surface area contributed by atoms with Crippen LogP contribution < -0.4 is 5.73 Å². The second-order valence-corrected chi connectivity index (χ2v) is 2.41. The van der Waals surface area contributed by atoms with Crippen molar-refractivity contribution < 1.29 is 5.11 Å². The maximum Gasteiger partial charge on any atom is 0.0449 e. The molecular weight excluding hydrogens is 211 g/mol. The molecule has 0 saturated carbocycles. The Morgan fingerprint density at radius 1 is 1.46 bits per heavy atom. The lowest BCUT2D eigenvalue weighted by molar-refractivity contribution is 0.276. The number of aliphatic hydroxyl groups excluding tert-OH is 1. The fourth-order valence-electron chi connectivity index (χ4n) is 0.901. The van der Waals surface area contributed by atoms with E-state index in [1.807, 2.05) is 12.1 Å². The normalized spacial score (nSPS) is 10.9. The molecule has 13 heavy (non-hydrogen) atoms. The molecule has 0 bridgehead atoms. The van der Waals surface area contributed by atoms with Gasteiger partial charge in [-0.05, 0) is 18.1 Å². The molecule has 1 heterocycles. The van der Waals surface area contributed by atoms with Gasteiger partial charge in [-0.3, -0.25) is 4.98 Å². The van der Waals surface area contributed by atoms with Crippen molar-refractivity contribution in [2.75, 3.05) is 6.61 Å². The topological polar surface area (TPSA) is 59.1 Å². The van der Waals surface area contributed by atoms with Gasteiger partial charge in [0.15, 0.2) is 0 Å². The molecule has 76 valence electrons. The average Bonchev–Trinajstić information content (AvgIpc) is 2.07. The predicted octanol–water partition coefficient (Wildman–Crippen LogP) is 1.31. The molecule has 0 amide bonds. The first-order valence-corrected chi connectivity index (χ1v) is 3.61. The lowest BCUT2D eigenvalue weighted by Crippen LogP contribution is -2.11. The van der Waals surface area contributed by atoms with E-state index in [0.29, 0.717) is 6.42 Å².